The summed E-state index contributed by atoms with van der Waals surface area (Å²) in [6, 6.07) is 5.72. The number of oxazole rings is 1. The van der Waals surface area contributed by atoms with E-state index < -0.39 is 0 Å². The Kier molecular flexibility index (Phi) is 4.83. The van der Waals surface area contributed by atoms with Crippen molar-refractivity contribution in [1.82, 2.24) is 19.5 Å². The number of H-pyrrole nitrogens is 1. The first-order valence-corrected chi connectivity index (χ1v) is 8.97. The van der Waals surface area contributed by atoms with Crippen LogP contribution in [0.3, 0.4) is 0 Å². The summed E-state index contributed by atoms with van der Waals surface area (Å²) in [4.78, 5) is 24.5. The number of hydrogen-bond acceptors (Lipinski definition) is 6. The molecule has 0 bridgehead atoms. The Morgan fingerprint density at radius 1 is 1.44 bits per heavy atom. The highest BCUT2D eigenvalue weighted by atomic mass is 32.1. The normalized spacial score (nSPS) is 16.0. The number of fused-ring (bicyclic) bond motifs is 1. The largest absolute Gasteiger partial charge is 0.444 e. The van der Waals surface area contributed by atoms with Crippen LogP contribution < -0.4 is 5.56 Å². The van der Waals surface area contributed by atoms with Crippen LogP contribution in [-0.4, -0.2) is 32.7 Å². The van der Waals surface area contributed by atoms with Gasteiger partial charge in [-0.1, -0.05) is 6.07 Å². The van der Waals surface area contributed by atoms with Crippen LogP contribution in [0.2, 0.25) is 0 Å². The molecule has 0 fully saturated rings. The van der Waals surface area contributed by atoms with Crippen molar-refractivity contribution in [3.8, 4) is 0 Å². The van der Waals surface area contributed by atoms with Crippen LogP contribution in [0.5, 0.6) is 0 Å². The summed E-state index contributed by atoms with van der Waals surface area (Å²) in [6.45, 7) is 0.456. The summed E-state index contributed by atoms with van der Waals surface area (Å²) in [7, 11) is 1.63. The van der Waals surface area contributed by atoms with E-state index >= 15 is 0 Å². The highest BCUT2D eigenvalue weighted by molar-refractivity contribution is 7.71. The third-order valence-corrected chi connectivity index (χ3v) is 4.98. The number of aromatic amines is 1. The Morgan fingerprint density at radius 3 is 3.04 bits per heavy atom. The van der Waals surface area contributed by atoms with Crippen LogP contribution in [0.4, 0.5) is 0 Å². The molecule has 7 nitrogen and oxygen atoms in total. The van der Waals surface area contributed by atoms with E-state index in [1.165, 1.54) is 6.39 Å². The van der Waals surface area contributed by atoms with Gasteiger partial charge in [-0.25, -0.2) is 4.98 Å². The average Bonchev–Trinajstić information content (AvgIpc) is 3.22. The van der Waals surface area contributed by atoms with Crippen molar-refractivity contribution >= 4 is 23.9 Å². The molecular weight excluding hydrogens is 364 g/mol. The number of nitrogens with zero attached hydrogens (tertiary/aromatic N) is 3. The summed E-state index contributed by atoms with van der Waals surface area (Å²) in [6.07, 6.45) is 7.42. The molecule has 27 heavy (non-hydrogen) atoms. The minimum Gasteiger partial charge on any atom is -0.444 e. The van der Waals surface area contributed by atoms with Gasteiger partial charge in [0, 0.05) is 49.7 Å². The number of hydrogen-bond donors (Lipinski definition) is 1. The summed E-state index contributed by atoms with van der Waals surface area (Å²) < 4.78 is 13.0. The lowest BCUT2D eigenvalue weighted by Gasteiger charge is -2.24. The third-order valence-electron chi connectivity index (χ3n) is 4.66. The Morgan fingerprint density at radius 2 is 2.33 bits per heavy atom. The maximum absolute atomic E-state index is 13.1. The van der Waals surface area contributed by atoms with Crippen molar-refractivity contribution in [2.24, 2.45) is 0 Å². The van der Waals surface area contributed by atoms with Crippen LogP contribution in [0, 0.1) is 4.77 Å². The summed E-state index contributed by atoms with van der Waals surface area (Å²) >= 11 is 5.42. The fourth-order valence-electron chi connectivity index (χ4n) is 3.26. The first kappa shape index (κ1) is 17.6. The number of pyridine rings is 1. The van der Waals surface area contributed by atoms with Gasteiger partial charge in [-0.2, -0.15) is 0 Å². The van der Waals surface area contributed by atoms with Gasteiger partial charge in [-0.15, -0.1) is 0 Å². The van der Waals surface area contributed by atoms with E-state index in [0.717, 1.165) is 17.0 Å². The maximum atomic E-state index is 13.1. The highest BCUT2D eigenvalue weighted by Gasteiger charge is 2.27. The lowest BCUT2D eigenvalue weighted by molar-refractivity contribution is 0.146. The van der Waals surface area contributed by atoms with E-state index in [-0.39, 0.29) is 11.7 Å². The molecule has 0 saturated carbocycles. The predicted octanol–water partition coefficient (Wildman–Crippen LogP) is 2.64. The van der Waals surface area contributed by atoms with Gasteiger partial charge < -0.3 is 14.1 Å². The van der Waals surface area contributed by atoms with Crippen LogP contribution in [0.1, 0.15) is 22.7 Å². The molecule has 1 aliphatic rings. The molecule has 0 amide bonds. The van der Waals surface area contributed by atoms with Gasteiger partial charge in [0.1, 0.15) is 0 Å². The van der Waals surface area contributed by atoms with E-state index in [0.29, 0.717) is 35.5 Å². The molecule has 3 heterocycles. The minimum atomic E-state index is -0.236. The zero-order valence-corrected chi connectivity index (χ0v) is 15.5. The van der Waals surface area contributed by atoms with Crippen LogP contribution in [0.25, 0.3) is 11.6 Å². The van der Waals surface area contributed by atoms with Gasteiger partial charge in [0.15, 0.2) is 16.9 Å². The van der Waals surface area contributed by atoms with Gasteiger partial charge >= 0.3 is 0 Å². The second-order valence-electron chi connectivity index (χ2n) is 6.24. The molecule has 1 unspecified atom stereocenters. The van der Waals surface area contributed by atoms with Gasteiger partial charge in [-0.3, -0.25) is 14.3 Å². The van der Waals surface area contributed by atoms with E-state index in [1.807, 2.05) is 18.2 Å². The Bertz CT molecular complexity index is 1080. The Labute approximate surface area is 160 Å². The van der Waals surface area contributed by atoms with Gasteiger partial charge in [0.05, 0.1) is 17.9 Å². The third kappa shape index (κ3) is 3.41. The molecule has 138 valence electrons. The fourth-order valence-corrected chi connectivity index (χ4v) is 3.56. The molecule has 0 aliphatic heterocycles. The molecular formula is C19H18N4O3S. The molecule has 1 N–H and O–H groups in total. The molecule has 4 rings (SSSR count). The van der Waals surface area contributed by atoms with E-state index in [9.17, 15) is 4.79 Å². The monoisotopic (exact) mass is 382 g/mol. The van der Waals surface area contributed by atoms with Crippen LogP contribution in [0.15, 0.2) is 46.2 Å². The van der Waals surface area contributed by atoms with Crippen LogP contribution in [-0.2, 0) is 24.1 Å². The van der Waals surface area contributed by atoms with Crippen molar-refractivity contribution in [3.05, 3.63) is 74.8 Å². The van der Waals surface area contributed by atoms with Gasteiger partial charge in [-0.05, 0) is 30.4 Å². The number of aromatic nitrogens is 4. The molecule has 8 heteroatoms. The molecule has 0 saturated heterocycles. The summed E-state index contributed by atoms with van der Waals surface area (Å²) in [5, 5.41) is 0. The average molecular weight is 382 g/mol. The fraction of sp³-hybridized carbons (Fsp3) is 0.263. The zero-order valence-electron chi connectivity index (χ0n) is 14.7. The zero-order chi connectivity index (χ0) is 18.8. The van der Waals surface area contributed by atoms with Gasteiger partial charge in [0.2, 0.25) is 0 Å². The van der Waals surface area contributed by atoms with Crippen molar-refractivity contribution in [2.45, 2.75) is 25.5 Å². The first-order chi connectivity index (χ1) is 13.2. The molecule has 1 atom stereocenters. The first-order valence-electron chi connectivity index (χ1n) is 8.56. The second-order valence-corrected chi connectivity index (χ2v) is 6.63. The van der Waals surface area contributed by atoms with Crippen molar-refractivity contribution < 1.29 is 9.15 Å². The topological polar surface area (TPSA) is 85.9 Å². The smallest absolute Gasteiger partial charge is 0.261 e. The maximum Gasteiger partial charge on any atom is 0.261 e. The predicted molar refractivity (Wildman–Crippen MR) is 103 cm³/mol. The molecule has 1 aliphatic carbocycles. The summed E-state index contributed by atoms with van der Waals surface area (Å²) in [5.41, 5.74) is 2.92. The molecule has 0 spiro atoms. The van der Waals surface area contributed by atoms with Gasteiger partial charge in [0.25, 0.3) is 5.56 Å². The minimum absolute atomic E-state index is 0.128. The number of rotatable bonds is 5. The van der Waals surface area contributed by atoms with Crippen molar-refractivity contribution in [2.75, 3.05) is 7.11 Å². The van der Waals surface area contributed by atoms with E-state index in [1.54, 1.807) is 30.1 Å². The molecule has 0 aromatic carbocycles. The Hall–Kier alpha value is -2.84. The number of aryl methyl sites for hydroxylation is 1. The van der Waals surface area contributed by atoms with E-state index in [4.69, 9.17) is 21.4 Å². The van der Waals surface area contributed by atoms with Crippen molar-refractivity contribution in [1.29, 1.82) is 0 Å². The second kappa shape index (κ2) is 7.42. The molecule has 3 aromatic heterocycles. The SMILES string of the molecule is COC1Cc2[nH]c(=S)n(CCc3ccccn3)c(=O)c2C=C1c1cnco1. The molecule has 0 radical (unpaired) electrons. The lowest BCUT2D eigenvalue weighted by atomic mass is 9.93. The summed E-state index contributed by atoms with van der Waals surface area (Å²) in [5.74, 6) is 0.592. The number of nitrogens with one attached hydrogen (secondary N) is 1. The molecule has 3 aromatic rings. The number of methoxy groups -OCH3 is 1. The highest BCUT2D eigenvalue weighted by Crippen LogP contribution is 2.30. The quantitative estimate of drug-likeness (QED) is 0.683. The Balaban J connectivity index is 1.74. The lowest BCUT2D eigenvalue weighted by Crippen LogP contribution is -2.31. The van der Waals surface area contributed by atoms with Crippen molar-refractivity contribution in [3.63, 3.8) is 0 Å². The number of ether oxygens (including phenoxy) is 1. The van der Waals surface area contributed by atoms with E-state index in [2.05, 4.69) is 15.0 Å². The standard InChI is InChI=1S/C19H18N4O3S/c1-25-16-9-15-13(8-14(16)17-10-20-11-26-17)18(24)23(19(27)22-15)7-5-12-4-2-3-6-21-12/h2-4,6,8,10-11,16H,5,7,9H2,1H3,(H,22,27). The van der Waals surface area contributed by atoms with Crippen LogP contribution >= 0.6 is 12.2 Å².